The van der Waals surface area contributed by atoms with E-state index in [1.807, 2.05) is 30.5 Å². The average Bonchev–Trinajstić information content (AvgIpc) is 3.41. The molecule has 4 rings (SSSR count). The highest BCUT2D eigenvalue weighted by molar-refractivity contribution is 7.09. The van der Waals surface area contributed by atoms with Gasteiger partial charge in [0.2, 0.25) is 0 Å². The number of amides is 1. The Labute approximate surface area is 184 Å². The quantitative estimate of drug-likeness (QED) is 0.437. The van der Waals surface area contributed by atoms with Crippen molar-refractivity contribution in [3.8, 4) is 0 Å². The molecule has 0 bridgehead atoms. The van der Waals surface area contributed by atoms with Crippen molar-refractivity contribution in [3.63, 3.8) is 0 Å². The van der Waals surface area contributed by atoms with Crippen molar-refractivity contribution in [2.24, 2.45) is 7.05 Å². The lowest BCUT2D eigenvalue weighted by Gasteiger charge is -2.15. The number of hydrogen-bond donors (Lipinski definition) is 2. The van der Waals surface area contributed by atoms with E-state index >= 15 is 4.39 Å². The van der Waals surface area contributed by atoms with Crippen LogP contribution in [0.3, 0.4) is 0 Å². The molecule has 3 heterocycles. The van der Waals surface area contributed by atoms with Crippen molar-refractivity contribution in [2.75, 3.05) is 11.9 Å². The van der Waals surface area contributed by atoms with Crippen molar-refractivity contribution in [1.29, 1.82) is 0 Å². The number of hydrogen-bond acceptors (Lipinski definition) is 5. The van der Waals surface area contributed by atoms with Gasteiger partial charge in [0, 0.05) is 24.7 Å². The molecule has 1 aromatic carbocycles. The van der Waals surface area contributed by atoms with E-state index in [-0.39, 0.29) is 22.7 Å². The maximum absolute atomic E-state index is 15.5. The second kappa shape index (κ2) is 8.85. The third-order valence-electron chi connectivity index (χ3n) is 5.23. The van der Waals surface area contributed by atoms with Crippen LogP contribution < -0.4 is 10.6 Å². The van der Waals surface area contributed by atoms with Gasteiger partial charge in [-0.1, -0.05) is 19.1 Å². The summed E-state index contributed by atoms with van der Waals surface area (Å²) in [6.07, 6.45) is 4.88. The van der Waals surface area contributed by atoms with Crippen LogP contribution in [0, 0.1) is 12.7 Å². The first kappa shape index (κ1) is 21.0. The molecule has 0 atom stereocenters. The van der Waals surface area contributed by atoms with Gasteiger partial charge in [-0.3, -0.25) is 4.79 Å². The smallest absolute Gasteiger partial charge is 0.253 e. The molecule has 4 aromatic rings. The van der Waals surface area contributed by atoms with E-state index in [1.165, 1.54) is 11.2 Å². The van der Waals surface area contributed by atoms with Gasteiger partial charge in [0.1, 0.15) is 11.3 Å². The number of fused-ring (bicyclic) bond motifs is 1. The minimum absolute atomic E-state index is 0.0830. The lowest BCUT2D eigenvalue weighted by atomic mass is 10.1. The topological polar surface area (TPSA) is 71.8 Å². The number of aromatic nitrogens is 3. The Morgan fingerprint density at radius 2 is 2.13 bits per heavy atom. The maximum atomic E-state index is 15.5. The summed E-state index contributed by atoms with van der Waals surface area (Å²) in [7, 11) is 1.77. The highest BCUT2D eigenvalue weighted by atomic mass is 32.1. The summed E-state index contributed by atoms with van der Waals surface area (Å²) in [6, 6.07) is 7.69. The zero-order valence-corrected chi connectivity index (χ0v) is 18.5. The van der Waals surface area contributed by atoms with Gasteiger partial charge in [-0.2, -0.15) is 0 Å². The van der Waals surface area contributed by atoms with Crippen LogP contribution in [0.15, 0.2) is 42.2 Å². The molecule has 2 N–H and O–H groups in total. The van der Waals surface area contributed by atoms with Crippen LogP contribution in [0.1, 0.15) is 33.3 Å². The third-order valence-corrected chi connectivity index (χ3v) is 6.16. The zero-order valence-electron chi connectivity index (χ0n) is 17.7. The predicted octanol–water partition coefficient (Wildman–Crippen LogP) is 4.76. The summed E-state index contributed by atoms with van der Waals surface area (Å²) in [4.78, 5) is 22.8. The van der Waals surface area contributed by atoms with Gasteiger partial charge in [0.05, 0.1) is 23.1 Å². The van der Waals surface area contributed by atoms with Crippen LogP contribution >= 0.6 is 11.3 Å². The Morgan fingerprint density at radius 1 is 1.29 bits per heavy atom. The number of nitrogens with one attached hydrogen (secondary N) is 2. The molecule has 31 heavy (non-hydrogen) atoms. The van der Waals surface area contributed by atoms with E-state index < -0.39 is 5.82 Å². The molecule has 0 saturated heterocycles. The number of rotatable bonds is 7. The summed E-state index contributed by atoms with van der Waals surface area (Å²) >= 11 is 1.64. The van der Waals surface area contributed by atoms with Crippen molar-refractivity contribution >= 4 is 39.8 Å². The van der Waals surface area contributed by atoms with Crippen molar-refractivity contribution in [2.45, 2.75) is 26.7 Å². The third kappa shape index (κ3) is 4.29. The first-order valence-electron chi connectivity index (χ1n) is 10.1. The van der Waals surface area contributed by atoms with Gasteiger partial charge in [-0.05, 0) is 48.4 Å². The summed E-state index contributed by atoms with van der Waals surface area (Å²) in [5, 5.41) is 7.97. The van der Waals surface area contributed by atoms with Gasteiger partial charge in [0.25, 0.3) is 5.91 Å². The predicted molar refractivity (Wildman–Crippen MR) is 123 cm³/mol. The number of carbonyl (C=O) groups excluding carboxylic acids is 1. The molecule has 0 radical (unpaired) electrons. The van der Waals surface area contributed by atoms with Crippen LogP contribution in [0.5, 0.6) is 0 Å². The Hall–Kier alpha value is -3.26. The molecule has 0 unspecified atom stereocenters. The summed E-state index contributed by atoms with van der Waals surface area (Å²) < 4.78 is 17.2. The molecule has 0 saturated carbocycles. The van der Waals surface area contributed by atoms with Crippen LogP contribution in [0.2, 0.25) is 0 Å². The molecular weight excluding hydrogens is 413 g/mol. The van der Waals surface area contributed by atoms with Gasteiger partial charge >= 0.3 is 0 Å². The molecule has 6 nitrogen and oxygen atoms in total. The number of pyridine rings is 1. The van der Waals surface area contributed by atoms with Gasteiger partial charge in [-0.15, -0.1) is 11.3 Å². The minimum atomic E-state index is -0.567. The molecule has 8 heteroatoms. The van der Waals surface area contributed by atoms with E-state index in [9.17, 15) is 4.79 Å². The van der Waals surface area contributed by atoms with Gasteiger partial charge < -0.3 is 15.2 Å². The van der Waals surface area contributed by atoms with E-state index in [0.717, 1.165) is 24.0 Å². The molecule has 0 aliphatic carbocycles. The van der Waals surface area contributed by atoms with Crippen LogP contribution in [-0.4, -0.2) is 27.0 Å². The summed E-state index contributed by atoms with van der Waals surface area (Å²) in [5.41, 5.74) is 3.04. The number of carbonyl (C=O) groups is 1. The van der Waals surface area contributed by atoms with E-state index in [2.05, 4.69) is 27.5 Å². The molecule has 160 valence electrons. The largest absolute Gasteiger partial charge is 0.352 e. The number of anilines is 2. The molecule has 0 fully saturated rings. The van der Waals surface area contributed by atoms with Crippen molar-refractivity contribution < 1.29 is 9.18 Å². The first-order chi connectivity index (χ1) is 15.0. The van der Waals surface area contributed by atoms with Crippen LogP contribution in [0.4, 0.5) is 15.9 Å². The Kier molecular flexibility index (Phi) is 5.99. The highest BCUT2D eigenvalue weighted by Gasteiger charge is 2.22. The minimum Gasteiger partial charge on any atom is -0.352 e. The normalized spacial score (nSPS) is 11.1. The molecular formula is C23H24FN5OS. The molecule has 0 aliphatic heterocycles. The zero-order chi connectivity index (χ0) is 22.0. The SMILES string of the molecule is CCc1cnc(Nc2c(C(=O)NCCc3cccs3)cc3c(ncn3C)c2F)c(C)c1. The highest BCUT2D eigenvalue weighted by Crippen LogP contribution is 2.31. The second-order valence-corrected chi connectivity index (χ2v) is 8.44. The molecule has 0 aliphatic rings. The average molecular weight is 438 g/mol. The number of aryl methyl sites for hydroxylation is 3. The summed E-state index contributed by atoms with van der Waals surface area (Å²) in [6.45, 7) is 4.43. The van der Waals surface area contributed by atoms with Gasteiger partial charge in [0.15, 0.2) is 5.82 Å². The lowest BCUT2D eigenvalue weighted by Crippen LogP contribution is -2.26. The Morgan fingerprint density at radius 3 is 2.84 bits per heavy atom. The molecule has 0 spiro atoms. The van der Waals surface area contributed by atoms with E-state index in [4.69, 9.17) is 0 Å². The number of halogens is 1. The Bertz CT molecular complexity index is 1230. The fraction of sp³-hybridized carbons (Fsp3) is 0.261. The van der Waals surface area contributed by atoms with Crippen molar-refractivity contribution in [3.05, 3.63) is 69.6 Å². The fourth-order valence-electron chi connectivity index (χ4n) is 3.45. The number of thiophene rings is 1. The summed E-state index contributed by atoms with van der Waals surface area (Å²) in [5.74, 6) is -0.398. The number of benzene rings is 1. The Balaban J connectivity index is 1.68. The van der Waals surface area contributed by atoms with Gasteiger partial charge in [-0.25, -0.2) is 14.4 Å². The van der Waals surface area contributed by atoms with Crippen LogP contribution in [-0.2, 0) is 19.9 Å². The maximum Gasteiger partial charge on any atom is 0.253 e. The molecule has 3 aromatic heterocycles. The first-order valence-corrected chi connectivity index (χ1v) is 11.0. The van der Waals surface area contributed by atoms with E-state index in [0.29, 0.717) is 17.9 Å². The monoisotopic (exact) mass is 437 g/mol. The van der Waals surface area contributed by atoms with E-state index in [1.54, 1.807) is 35.2 Å². The van der Waals surface area contributed by atoms with Crippen LogP contribution in [0.25, 0.3) is 11.0 Å². The number of nitrogens with zero attached hydrogens (tertiary/aromatic N) is 3. The molecule has 1 amide bonds. The fourth-order valence-corrected chi connectivity index (χ4v) is 4.16. The number of imidazole rings is 1. The second-order valence-electron chi connectivity index (χ2n) is 7.41. The van der Waals surface area contributed by atoms with Crippen molar-refractivity contribution in [1.82, 2.24) is 19.9 Å². The lowest BCUT2D eigenvalue weighted by molar-refractivity contribution is 0.0955. The standard InChI is InChI=1S/C23H24FN5OS/c1-4-15-10-14(2)22(26-12-15)28-20-17(11-18-21(19(20)24)27-13-29(18)3)23(30)25-8-7-16-6-5-9-31-16/h5-6,9-13H,4,7-8H2,1-3H3,(H,25,30)(H,26,28).